The van der Waals surface area contributed by atoms with Crippen molar-refractivity contribution < 1.29 is 4.74 Å². The molecule has 1 aliphatic rings. The smallest absolute Gasteiger partial charge is 0.142 e. The zero-order valence-corrected chi connectivity index (χ0v) is 17.2. The molecule has 4 rings (SSSR count). The molecular formula is C23H20BrN3O. The zero-order chi connectivity index (χ0) is 19.7. The Morgan fingerprint density at radius 3 is 2.71 bits per heavy atom. The molecule has 0 saturated heterocycles. The summed E-state index contributed by atoms with van der Waals surface area (Å²) in [5, 5.41) is 9.86. The highest BCUT2D eigenvalue weighted by molar-refractivity contribution is 9.10. The van der Waals surface area contributed by atoms with E-state index in [4.69, 9.17) is 10.5 Å². The van der Waals surface area contributed by atoms with Crippen LogP contribution in [-0.2, 0) is 12.8 Å². The van der Waals surface area contributed by atoms with Gasteiger partial charge in [0.25, 0.3) is 0 Å². The molecule has 1 heterocycles. The van der Waals surface area contributed by atoms with E-state index in [0.717, 1.165) is 46.1 Å². The van der Waals surface area contributed by atoms with Crippen molar-refractivity contribution in [2.24, 2.45) is 0 Å². The van der Waals surface area contributed by atoms with Crippen LogP contribution >= 0.6 is 15.9 Å². The second-order valence-corrected chi connectivity index (χ2v) is 7.89. The van der Waals surface area contributed by atoms with Crippen LogP contribution in [0.25, 0.3) is 11.1 Å². The first kappa shape index (κ1) is 18.5. The van der Waals surface area contributed by atoms with Crippen LogP contribution in [0.2, 0.25) is 0 Å². The third-order valence-electron chi connectivity index (χ3n) is 5.41. The fourth-order valence-electron chi connectivity index (χ4n) is 4.07. The fraction of sp³-hybridized carbons (Fsp3) is 0.217. The third-order valence-corrected chi connectivity index (χ3v) is 5.90. The topological polar surface area (TPSA) is 71.9 Å². The van der Waals surface area contributed by atoms with Crippen molar-refractivity contribution in [3.05, 3.63) is 75.4 Å². The first-order valence-electron chi connectivity index (χ1n) is 9.22. The van der Waals surface area contributed by atoms with Gasteiger partial charge in [0, 0.05) is 21.3 Å². The summed E-state index contributed by atoms with van der Waals surface area (Å²) in [5.74, 6) is 1.40. The monoisotopic (exact) mass is 433 g/mol. The highest BCUT2D eigenvalue weighted by atomic mass is 79.9. The third kappa shape index (κ3) is 3.25. The van der Waals surface area contributed by atoms with Gasteiger partial charge >= 0.3 is 0 Å². The van der Waals surface area contributed by atoms with Gasteiger partial charge in [0.1, 0.15) is 23.2 Å². The van der Waals surface area contributed by atoms with E-state index in [2.05, 4.69) is 51.2 Å². The molecule has 0 spiro atoms. The van der Waals surface area contributed by atoms with E-state index in [-0.39, 0.29) is 5.82 Å². The number of aryl methyl sites for hydroxylation is 1. The number of hydrogen-bond donors (Lipinski definition) is 1. The second kappa shape index (κ2) is 7.65. The molecule has 1 unspecified atom stereocenters. The van der Waals surface area contributed by atoms with E-state index in [9.17, 15) is 5.26 Å². The number of ether oxygens (including phenoxy) is 1. The van der Waals surface area contributed by atoms with Gasteiger partial charge in [-0.3, -0.25) is 0 Å². The Morgan fingerprint density at radius 1 is 1.21 bits per heavy atom. The molecule has 1 aliphatic carbocycles. The molecule has 140 valence electrons. The molecule has 4 nitrogen and oxygen atoms in total. The van der Waals surface area contributed by atoms with Gasteiger partial charge in [-0.1, -0.05) is 46.3 Å². The van der Waals surface area contributed by atoms with E-state index in [0.29, 0.717) is 17.2 Å². The number of methoxy groups -OCH3 is 1. The first-order chi connectivity index (χ1) is 13.6. The van der Waals surface area contributed by atoms with Crippen LogP contribution in [0.5, 0.6) is 5.75 Å². The summed E-state index contributed by atoms with van der Waals surface area (Å²) in [4.78, 5) is 4.58. The number of fused-ring (bicyclic) bond motifs is 1. The quantitative estimate of drug-likeness (QED) is 0.612. The highest BCUT2D eigenvalue weighted by Gasteiger charge is 2.28. The number of benzene rings is 2. The van der Waals surface area contributed by atoms with E-state index in [1.807, 2.05) is 24.3 Å². The minimum absolute atomic E-state index is 0.288. The predicted octanol–water partition coefficient (Wildman–Crippen LogP) is 5.25. The molecule has 5 heteroatoms. The van der Waals surface area contributed by atoms with Crippen molar-refractivity contribution >= 4 is 21.7 Å². The van der Waals surface area contributed by atoms with Gasteiger partial charge in [0.05, 0.1) is 7.11 Å². The maximum atomic E-state index is 9.86. The Bertz CT molecular complexity index is 1070. The lowest BCUT2D eigenvalue weighted by Gasteiger charge is -2.28. The van der Waals surface area contributed by atoms with E-state index in [1.54, 1.807) is 7.11 Å². The summed E-state index contributed by atoms with van der Waals surface area (Å²) in [6, 6.07) is 18.6. The summed E-state index contributed by atoms with van der Waals surface area (Å²) in [6.07, 6.45) is 2.69. The number of nitrogen functional groups attached to an aromatic ring is 1. The van der Waals surface area contributed by atoms with Gasteiger partial charge in [0.2, 0.25) is 0 Å². The van der Waals surface area contributed by atoms with Gasteiger partial charge in [-0.2, -0.15) is 5.26 Å². The average Bonchev–Trinajstić information content (AvgIpc) is 2.73. The van der Waals surface area contributed by atoms with Crippen molar-refractivity contribution in [2.75, 3.05) is 12.8 Å². The Labute approximate surface area is 173 Å². The van der Waals surface area contributed by atoms with Gasteiger partial charge in [-0.25, -0.2) is 4.98 Å². The van der Waals surface area contributed by atoms with Crippen molar-refractivity contribution in [1.82, 2.24) is 4.98 Å². The van der Waals surface area contributed by atoms with E-state index < -0.39 is 0 Å². The average molecular weight is 434 g/mol. The van der Waals surface area contributed by atoms with E-state index in [1.165, 1.54) is 5.56 Å². The van der Waals surface area contributed by atoms with Gasteiger partial charge < -0.3 is 10.5 Å². The van der Waals surface area contributed by atoms with Crippen LogP contribution in [0, 0.1) is 11.3 Å². The van der Waals surface area contributed by atoms with Crippen LogP contribution < -0.4 is 10.5 Å². The molecule has 28 heavy (non-hydrogen) atoms. The molecule has 0 amide bonds. The number of nitrogens with two attached hydrogens (primary N) is 1. The number of halogens is 1. The van der Waals surface area contributed by atoms with Crippen LogP contribution in [-0.4, -0.2) is 12.1 Å². The first-order valence-corrected chi connectivity index (χ1v) is 10.0. The summed E-state index contributed by atoms with van der Waals surface area (Å²) >= 11 is 3.55. The van der Waals surface area contributed by atoms with Crippen LogP contribution in [0.1, 0.15) is 34.7 Å². The minimum atomic E-state index is 0.288. The van der Waals surface area contributed by atoms with Crippen LogP contribution in [0.15, 0.2) is 53.0 Å². The number of aromatic nitrogens is 1. The maximum Gasteiger partial charge on any atom is 0.142 e. The molecular weight excluding hydrogens is 414 g/mol. The number of nitrogens with zero attached hydrogens (tertiary/aromatic N) is 2. The standard InChI is InChI=1S/C23H20BrN3O/c1-28-21-10-8-16(24)12-18(21)22-17-11-15(14-5-3-2-4-6-14)7-9-20(17)27-23(26)19(22)13-25/h2-6,8,10,12,15H,7,9,11H2,1H3,(H2,26,27). The molecule has 0 aliphatic heterocycles. The Kier molecular flexibility index (Phi) is 5.06. The molecule has 0 saturated carbocycles. The lowest BCUT2D eigenvalue weighted by molar-refractivity contribution is 0.416. The molecule has 0 bridgehead atoms. The number of pyridine rings is 1. The summed E-state index contributed by atoms with van der Waals surface area (Å²) in [6.45, 7) is 0. The highest BCUT2D eigenvalue weighted by Crippen LogP contribution is 2.43. The zero-order valence-electron chi connectivity index (χ0n) is 15.6. The normalized spacial score (nSPS) is 15.5. The Hall–Kier alpha value is -2.84. The van der Waals surface area contributed by atoms with Gasteiger partial charge in [-0.05, 0) is 54.5 Å². The van der Waals surface area contributed by atoms with Crippen LogP contribution in [0.3, 0.4) is 0 Å². The summed E-state index contributed by atoms with van der Waals surface area (Å²) in [5.41, 5.74) is 11.7. The molecule has 2 aromatic carbocycles. The SMILES string of the molecule is COc1ccc(Br)cc1-c1c(C#N)c(N)nc2c1CC(c1ccccc1)CC2. The molecule has 0 fully saturated rings. The van der Waals surface area contributed by atoms with Crippen molar-refractivity contribution in [3.63, 3.8) is 0 Å². The van der Waals surface area contributed by atoms with Gasteiger partial charge in [-0.15, -0.1) is 0 Å². The Morgan fingerprint density at radius 2 is 2.00 bits per heavy atom. The number of hydrogen-bond acceptors (Lipinski definition) is 4. The predicted molar refractivity (Wildman–Crippen MR) is 114 cm³/mol. The molecule has 2 N–H and O–H groups in total. The summed E-state index contributed by atoms with van der Waals surface area (Å²) in [7, 11) is 1.64. The summed E-state index contributed by atoms with van der Waals surface area (Å²) < 4.78 is 6.53. The molecule has 0 radical (unpaired) electrons. The number of rotatable bonds is 3. The Balaban J connectivity index is 1.94. The number of anilines is 1. The van der Waals surface area contributed by atoms with Crippen molar-refractivity contribution in [3.8, 4) is 22.9 Å². The lowest BCUT2D eigenvalue weighted by atomic mass is 9.78. The molecule has 1 atom stereocenters. The largest absolute Gasteiger partial charge is 0.496 e. The van der Waals surface area contributed by atoms with Gasteiger partial charge in [0.15, 0.2) is 0 Å². The second-order valence-electron chi connectivity index (χ2n) is 6.98. The van der Waals surface area contributed by atoms with Crippen molar-refractivity contribution in [1.29, 1.82) is 5.26 Å². The van der Waals surface area contributed by atoms with E-state index >= 15 is 0 Å². The van der Waals surface area contributed by atoms with Crippen LogP contribution in [0.4, 0.5) is 5.82 Å². The number of nitriles is 1. The molecule has 3 aromatic rings. The molecule has 1 aromatic heterocycles. The fourth-order valence-corrected chi connectivity index (χ4v) is 4.43. The maximum absolute atomic E-state index is 9.86. The lowest BCUT2D eigenvalue weighted by Crippen LogP contribution is -2.17. The van der Waals surface area contributed by atoms with Crippen molar-refractivity contribution in [2.45, 2.75) is 25.2 Å². The minimum Gasteiger partial charge on any atom is -0.496 e.